The molecule has 1 aliphatic heterocycles. The van der Waals surface area contributed by atoms with Crippen LogP contribution in [0.2, 0.25) is 5.02 Å². The second kappa shape index (κ2) is 12.9. The van der Waals surface area contributed by atoms with E-state index in [4.69, 9.17) is 21.4 Å². The Hall–Kier alpha value is -3.59. The largest absolute Gasteiger partial charge is 0.385 e. The van der Waals surface area contributed by atoms with E-state index in [2.05, 4.69) is 24.4 Å². The maximum atomic E-state index is 13.8. The first-order valence-electron chi connectivity index (χ1n) is 13.6. The smallest absolute Gasteiger partial charge is 0.240 e. The number of aryl methyl sites for hydroxylation is 2. The van der Waals surface area contributed by atoms with E-state index in [0.717, 1.165) is 39.2 Å². The molecule has 2 heterocycles. The minimum atomic E-state index is -0.232. The van der Waals surface area contributed by atoms with Crippen LogP contribution >= 0.6 is 23.4 Å². The first kappa shape index (κ1) is 28.9. The van der Waals surface area contributed by atoms with Gasteiger partial charge in [0.15, 0.2) is 0 Å². The van der Waals surface area contributed by atoms with Crippen LogP contribution in [-0.2, 0) is 14.3 Å². The highest BCUT2D eigenvalue weighted by molar-refractivity contribution is 8.00. The Balaban J connectivity index is 1.72. The Morgan fingerprint density at radius 3 is 2.51 bits per heavy atom. The van der Waals surface area contributed by atoms with Crippen LogP contribution in [0.15, 0.2) is 72.8 Å². The average molecular weight is 589 g/mol. The Bertz CT molecular complexity index is 1540. The van der Waals surface area contributed by atoms with Gasteiger partial charge < -0.3 is 10.1 Å². The van der Waals surface area contributed by atoms with E-state index in [9.17, 15) is 9.59 Å². The van der Waals surface area contributed by atoms with Crippen LogP contribution in [0.1, 0.15) is 33.9 Å². The maximum absolute atomic E-state index is 13.8. The van der Waals surface area contributed by atoms with Crippen LogP contribution in [0.25, 0.3) is 16.9 Å². The second-order valence-electron chi connectivity index (χ2n) is 10.1. The summed E-state index contributed by atoms with van der Waals surface area (Å²) >= 11 is 7.82. The van der Waals surface area contributed by atoms with Crippen molar-refractivity contribution in [3.05, 3.63) is 100 Å². The molecule has 2 amide bonds. The normalized spacial score (nSPS) is 15.0. The van der Waals surface area contributed by atoms with Crippen molar-refractivity contribution >= 4 is 41.0 Å². The maximum Gasteiger partial charge on any atom is 0.240 e. The number of anilines is 1. The first-order chi connectivity index (χ1) is 19.9. The van der Waals surface area contributed by atoms with Crippen LogP contribution < -0.4 is 10.2 Å². The van der Waals surface area contributed by atoms with Crippen LogP contribution in [0.3, 0.4) is 0 Å². The molecule has 41 heavy (non-hydrogen) atoms. The van der Waals surface area contributed by atoms with E-state index in [1.54, 1.807) is 23.8 Å². The summed E-state index contributed by atoms with van der Waals surface area (Å²) in [5.74, 6) is 0.451. The number of carbonyl (C=O) groups is 2. The highest BCUT2D eigenvalue weighted by Crippen LogP contribution is 2.49. The Labute approximate surface area is 249 Å². The number of benzene rings is 3. The monoisotopic (exact) mass is 588 g/mol. The van der Waals surface area contributed by atoms with Gasteiger partial charge in [0.05, 0.1) is 22.4 Å². The minimum absolute atomic E-state index is 0.114. The van der Waals surface area contributed by atoms with Crippen molar-refractivity contribution in [2.75, 3.05) is 37.5 Å². The summed E-state index contributed by atoms with van der Waals surface area (Å²) in [6.07, 6.45) is 0.689. The number of nitrogens with one attached hydrogen (secondary N) is 1. The molecule has 0 saturated heterocycles. The third-order valence-corrected chi connectivity index (χ3v) is 8.59. The standard InChI is InChI=1S/C32H33ClN4O3S/c1-21-9-15-25(16-10-21)37-32-29(30(35-37)23-11-13-24(33)14-12-23)31(26-8-5-4-7-22(26)2)41-20-28(39)36(32)19-27(38)34-17-6-18-40-3/h4-5,7-16,31H,6,17-20H2,1-3H3,(H,34,38). The molecule has 1 aromatic heterocycles. The van der Waals surface area contributed by atoms with E-state index in [-0.39, 0.29) is 29.4 Å². The number of fused-ring (bicyclic) bond motifs is 1. The molecule has 7 nitrogen and oxygen atoms in total. The Morgan fingerprint density at radius 1 is 1.07 bits per heavy atom. The highest BCUT2D eigenvalue weighted by Gasteiger charge is 2.38. The van der Waals surface area contributed by atoms with Crippen molar-refractivity contribution in [1.29, 1.82) is 0 Å². The fourth-order valence-electron chi connectivity index (χ4n) is 4.98. The number of amides is 2. The molecule has 1 atom stereocenters. The summed E-state index contributed by atoms with van der Waals surface area (Å²) < 4.78 is 6.92. The molecule has 5 rings (SSSR count). The summed E-state index contributed by atoms with van der Waals surface area (Å²) in [5.41, 5.74) is 6.67. The lowest BCUT2D eigenvalue weighted by Gasteiger charge is -2.23. The predicted octanol–water partition coefficient (Wildman–Crippen LogP) is 6.13. The molecule has 0 fully saturated rings. The van der Waals surface area contributed by atoms with Gasteiger partial charge in [0, 0.05) is 36.4 Å². The van der Waals surface area contributed by atoms with Gasteiger partial charge in [-0.2, -0.15) is 5.10 Å². The van der Waals surface area contributed by atoms with E-state index in [1.165, 1.54) is 0 Å². The lowest BCUT2D eigenvalue weighted by Crippen LogP contribution is -2.42. The van der Waals surface area contributed by atoms with Crippen molar-refractivity contribution in [2.24, 2.45) is 0 Å². The topological polar surface area (TPSA) is 76.5 Å². The van der Waals surface area contributed by atoms with Gasteiger partial charge in [-0.05, 0) is 55.7 Å². The summed E-state index contributed by atoms with van der Waals surface area (Å²) in [7, 11) is 1.63. The summed E-state index contributed by atoms with van der Waals surface area (Å²) in [6.45, 7) is 5.01. The van der Waals surface area contributed by atoms with Gasteiger partial charge in [0.2, 0.25) is 11.8 Å². The number of thioether (sulfide) groups is 1. The zero-order valence-corrected chi connectivity index (χ0v) is 25.0. The number of methoxy groups -OCH3 is 1. The lowest BCUT2D eigenvalue weighted by molar-refractivity contribution is -0.122. The third kappa shape index (κ3) is 6.35. The number of aromatic nitrogens is 2. The quantitative estimate of drug-likeness (QED) is 0.238. The fourth-order valence-corrected chi connectivity index (χ4v) is 6.40. The molecule has 0 saturated carbocycles. The van der Waals surface area contributed by atoms with Gasteiger partial charge in [0.1, 0.15) is 12.4 Å². The third-order valence-electron chi connectivity index (χ3n) is 7.11. The van der Waals surface area contributed by atoms with Crippen LogP contribution in [0.5, 0.6) is 0 Å². The zero-order chi connectivity index (χ0) is 28.9. The predicted molar refractivity (Wildman–Crippen MR) is 166 cm³/mol. The number of hydrogen-bond donors (Lipinski definition) is 1. The number of nitrogens with zero attached hydrogens (tertiary/aromatic N) is 3. The van der Waals surface area contributed by atoms with Crippen molar-refractivity contribution < 1.29 is 14.3 Å². The molecule has 0 spiro atoms. The van der Waals surface area contributed by atoms with Crippen molar-refractivity contribution in [2.45, 2.75) is 25.5 Å². The number of ether oxygens (including phenoxy) is 1. The van der Waals surface area contributed by atoms with Crippen LogP contribution in [-0.4, -0.2) is 54.2 Å². The SMILES string of the molecule is COCCCNC(=O)CN1C(=O)CSC(c2ccccc2C)c2c(-c3ccc(Cl)cc3)nn(-c3ccc(C)cc3)c21. The molecule has 4 aromatic rings. The molecule has 0 bridgehead atoms. The molecule has 1 aliphatic rings. The molecule has 212 valence electrons. The molecule has 9 heteroatoms. The summed E-state index contributed by atoms with van der Waals surface area (Å²) in [5, 5.41) is 8.52. The average Bonchev–Trinajstić information content (AvgIpc) is 3.29. The Morgan fingerprint density at radius 2 is 1.80 bits per heavy atom. The van der Waals surface area contributed by atoms with Gasteiger partial charge in [-0.3, -0.25) is 14.5 Å². The highest BCUT2D eigenvalue weighted by atomic mass is 35.5. The second-order valence-corrected chi connectivity index (χ2v) is 11.6. The molecular formula is C32H33ClN4O3S. The molecule has 3 aromatic carbocycles. The minimum Gasteiger partial charge on any atom is -0.385 e. The number of halogens is 1. The summed E-state index contributed by atoms with van der Waals surface area (Å²) in [4.78, 5) is 28.6. The molecule has 1 unspecified atom stereocenters. The van der Waals surface area contributed by atoms with Crippen molar-refractivity contribution in [1.82, 2.24) is 15.1 Å². The van der Waals surface area contributed by atoms with E-state index < -0.39 is 0 Å². The van der Waals surface area contributed by atoms with E-state index in [1.807, 2.05) is 72.3 Å². The Kier molecular flexibility index (Phi) is 9.12. The van der Waals surface area contributed by atoms with Gasteiger partial charge in [-0.15, -0.1) is 11.8 Å². The fraction of sp³-hybridized carbons (Fsp3) is 0.281. The van der Waals surface area contributed by atoms with Crippen molar-refractivity contribution in [3.63, 3.8) is 0 Å². The molecule has 0 radical (unpaired) electrons. The van der Waals surface area contributed by atoms with E-state index >= 15 is 0 Å². The summed E-state index contributed by atoms with van der Waals surface area (Å²) in [6, 6.07) is 23.8. The van der Waals surface area contributed by atoms with Crippen molar-refractivity contribution in [3.8, 4) is 16.9 Å². The molecular weight excluding hydrogens is 556 g/mol. The van der Waals surface area contributed by atoms with Gasteiger partial charge in [-0.1, -0.05) is 65.7 Å². The van der Waals surface area contributed by atoms with Gasteiger partial charge in [0.25, 0.3) is 0 Å². The van der Waals surface area contributed by atoms with Crippen LogP contribution in [0, 0.1) is 13.8 Å². The lowest BCUT2D eigenvalue weighted by atomic mass is 9.96. The molecule has 0 aliphatic carbocycles. The number of rotatable bonds is 9. The van der Waals surface area contributed by atoms with E-state index in [0.29, 0.717) is 30.4 Å². The first-order valence-corrected chi connectivity index (χ1v) is 15.0. The van der Waals surface area contributed by atoms with Gasteiger partial charge in [-0.25, -0.2) is 4.68 Å². The zero-order valence-electron chi connectivity index (χ0n) is 23.4. The molecule has 1 N–H and O–H groups in total. The number of carbonyl (C=O) groups excluding carboxylic acids is 2. The van der Waals surface area contributed by atoms with Gasteiger partial charge >= 0.3 is 0 Å². The van der Waals surface area contributed by atoms with Crippen LogP contribution in [0.4, 0.5) is 5.82 Å². The number of hydrogen-bond acceptors (Lipinski definition) is 5.